The largest absolute Gasteiger partial charge is 0.334 e. The predicted molar refractivity (Wildman–Crippen MR) is 69.3 cm³/mol. The minimum absolute atomic E-state index is 0.138. The summed E-state index contributed by atoms with van der Waals surface area (Å²) in [5.74, 6) is 0.719. The second-order valence-electron chi connectivity index (χ2n) is 4.23. The Bertz CT molecular complexity index is 393. The van der Waals surface area contributed by atoms with Crippen LogP contribution >= 0.6 is 27.3 Å². The van der Waals surface area contributed by atoms with Crippen LogP contribution in [0.25, 0.3) is 0 Å². The number of amides is 1. The second kappa shape index (κ2) is 4.84. The first-order chi connectivity index (χ1) is 7.63. The van der Waals surface area contributed by atoms with Gasteiger partial charge in [0.1, 0.15) is 4.88 Å². The molecule has 1 fully saturated rings. The van der Waals surface area contributed by atoms with Gasteiger partial charge < -0.3 is 4.90 Å². The molecule has 88 valence electrons. The van der Waals surface area contributed by atoms with E-state index in [1.807, 2.05) is 11.8 Å². The number of aromatic nitrogens is 1. The van der Waals surface area contributed by atoms with Gasteiger partial charge in [-0.2, -0.15) is 0 Å². The fraction of sp³-hybridized carbons (Fsp3) is 0.636. The molecule has 0 aliphatic carbocycles. The van der Waals surface area contributed by atoms with Crippen molar-refractivity contribution in [2.75, 3.05) is 11.9 Å². The van der Waals surface area contributed by atoms with Gasteiger partial charge in [0.15, 0.2) is 0 Å². The van der Waals surface area contributed by atoms with E-state index < -0.39 is 0 Å². The Morgan fingerprint density at radius 3 is 3.06 bits per heavy atom. The van der Waals surface area contributed by atoms with Crippen molar-refractivity contribution in [1.29, 1.82) is 0 Å². The molecule has 0 spiro atoms. The van der Waals surface area contributed by atoms with E-state index in [0.717, 1.165) is 28.2 Å². The number of hydrogen-bond acceptors (Lipinski definition) is 3. The van der Waals surface area contributed by atoms with Crippen LogP contribution in [0.3, 0.4) is 0 Å². The molecule has 1 aliphatic rings. The number of hydrogen-bond donors (Lipinski definition) is 0. The van der Waals surface area contributed by atoms with Gasteiger partial charge in [-0.05, 0) is 19.3 Å². The Morgan fingerprint density at radius 2 is 2.50 bits per heavy atom. The second-order valence-corrected chi connectivity index (χ2v) is 6.11. The normalized spacial score (nSPS) is 25.1. The van der Waals surface area contributed by atoms with E-state index in [4.69, 9.17) is 0 Å². The van der Waals surface area contributed by atoms with Gasteiger partial charge in [0.25, 0.3) is 5.91 Å². The van der Waals surface area contributed by atoms with Crippen molar-refractivity contribution >= 4 is 33.2 Å². The van der Waals surface area contributed by atoms with Crippen LogP contribution in [0.5, 0.6) is 0 Å². The summed E-state index contributed by atoms with van der Waals surface area (Å²) in [7, 11) is 0. The topological polar surface area (TPSA) is 33.2 Å². The number of carbonyl (C=O) groups is 1. The third-order valence-electron chi connectivity index (χ3n) is 3.13. The molecule has 0 saturated carbocycles. The van der Waals surface area contributed by atoms with Crippen LogP contribution in [0.1, 0.15) is 28.0 Å². The predicted octanol–water partition coefficient (Wildman–Crippen LogP) is 2.70. The lowest BCUT2D eigenvalue weighted by Gasteiger charge is -2.24. The first-order valence-corrected chi connectivity index (χ1v) is 7.36. The average molecular weight is 303 g/mol. The third kappa shape index (κ3) is 2.15. The number of halogens is 1. The smallest absolute Gasteiger partial charge is 0.265 e. The molecule has 2 heterocycles. The zero-order valence-electron chi connectivity index (χ0n) is 9.44. The number of likely N-dealkylation sites (tertiary alicyclic amines) is 1. The monoisotopic (exact) mass is 302 g/mol. The van der Waals surface area contributed by atoms with Crippen molar-refractivity contribution in [3.05, 3.63) is 16.1 Å². The van der Waals surface area contributed by atoms with Gasteiger partial charge in [-0.1, -0.05) is 22.9 Å². The molecule has 3 nitrogen and oxygen atoms in total. The summed E-state index contributed by atoms with van der Waals surface area (Å²) in [5.41, 5.74) is 0. The Kier molecular flexibility index (Phi) is 3.64. The third-order valence-corrected chi connectivity index (χ3v) is 4.70. The lowest BCUT2D eigenvalue weighted by atomic mass is 10.1. The maximum Gasteiger partial charge on any atom is 0.265 e. The quantitative estimate of drug-likeness (QED) is 0.787. The SMILES string of the molecule is Cc1ncc(C(=O)N2CCC(C)C2CBr)s1. The molecule has 1 amide bonds. The maximum absolute atomic E-state index is 12.3. The standard InChI is InChI=1S/C11H15BrN2OS/c1-7-3-4-14(9(7)5-12)11(15)10-6-13-8(2)16-10/h6-7,9H,3-5H2,1-2H3. The van der Waals surface area contributed by atoms with Gasteiger partial charge in [0, 0.05) is 17.9 Å². The Labute approximate surface area is 108 Å². The number of nitrogens with zero attached hydrogens (tertiary/aromatic N) is 2. The highest BCUT2D eigenvalue weighted by atomic mass is 79.9. The number of rotatable bonds is 2. The highest BCUT2D eigenvalue weighted by Gasteiger charge is 2.34. The van der Waals surface area contributed by atoms with Crippen molar-refractivity contribution in [1.82, 2.24) is 9.88 Å². The van der Waals surface area contributed by atoms with E-state index >= 15 is 0 Å². The van der Waals surface area contributed by atoms with Gasteiger partial charge in [-0.25, -0.2) is 4.98 Å². The number of aryl methyl sites for hydroxylation is 1. The van der Waals surface area contributed by atoms with Crippen LogP contribution in [0, 0.1) is 12.8 Å². The summed E-state index contributed by atoms with van der Waals surface area (Å²) in [5, 5.41) is 1.81. The summed E-state index contributed by atoms with van der Waals surface area (Å²) in [6.45, 7) is 5.00. The summed E-state index contributed by atoms with van der Waals surface area (Å²) >= 11 is 4.98. The van der Waals surface area contributed by atoms with E-state index in [1.165, 1.54) is 11.3 Å². The molecule has 2 unspecified atom stereocenters. The molecule has 2 atom stereocenters. The first-order valence-electron chi connectivity index (χ1n) is 5.43. The lowest BCUT2D eigenvalue weighted by Crippen LogP contribution is -2.38. The van der Waals surface area contributed by atoms with Crippen molar-refractivity contribution in [2.24, 2.45) is 5.92 Å². The minimum atomic E-state index is 0.138. The van der Waals surface area contributed by atoms with Gasteiger partial charge in [0.05, 0.1) is 11.2 Å². The Morgan fingerprint density at radius 1 is 1.75 bits per heavy atom. The van der Waals surface area contributed by atoms with Crippen LogP contribution < -0.4 is 0 Å². The fourth-order valence-corrected chi connectivity index (χ4v) is 3.82. The molecule has 1 aromatic rings. The van der Waals surface area contributed by atoms with Crippen LogP contribution in [0.15, 0.2) is 6.20 Å². The van der Waals surface area contributed by atoms with Crippen LogP contribution in [-0.4, -0.2) is 33.7 Å². The highest BCUT2D eigenvalue weighted by Crippen LogP contribution is 2.28. The lowest BCUT2D eigenvalue weighted by molar-refractivity contribution is 0.0743. The molecule has 1 aliphatic heterocycles. The van der Waals surface area contributed by atoms with E-state index in [1.54, 1.807) is 6.20 Å². The number of alkyl halides is 1. The van der Waals surface area contributed by atoms with Gasteiger partial charge in [0.2, 0.25) is 0 Å². The average Bonchev–Trinajstić information content (AvgIpc) is 2.83. The van der Waals surface area contributed by atoms with Crippen LogP contribution in [0.4, 0.5) is 0 Å². The fourth-order valence-electron chi connectivity index (χ4n) is 2.10. The van der Waals surface area contributed by atoms with Crippen molar-refractivity contribution < 1.29 is 4.79 Å². The molecule has 0 radical (unpaired) electrons. The molecule has 1 saturated heterocycles. The Balaban J connectivity index is 2.16. The molecular formula is C11H15BrN2OS. The minimum Gasteiger partial charge on any atom is -0.334 e. The summed E-state index contributed by atoms with van der Waals surface area (Å²) in [6.07, 6.45) is 2.79. The zero-order chi connectivity index (χ0) is 11.7. The van der Waals surface area contributed by atoms with E-state index in [2.05, 4.69) is 27.8 Å². The van der Waals surface area contributed by atoms with Gasteiger partial charge in [-0.15, -0.1) is 11.3 Å². The number of thiazole rings is 1. The highest BCUT2D eigenvalue weighted by molar-refractivity contribution is 9.09. The summed E-state index contributed by atoms with van der Waals surface area (Å²) in [6, 6.07) is 0.329. The molecular weight excluding hydrogens is 288 g/mol. The molecule has 0 aromatic carbocycles. The van der Waals surface area contributed by atoms with Gasteiger partial charge >= 0.3 is 0 Å². The Hall–Kier alpha value is -0.420. The summed E-state index contributed by atoms with van der Waals surface area (Å²) < 4.78 is 0. The van der Waals surface area contributed by atoms with Crippen LogP contribution in [-0.2, 0) is 0 Å². The molecule has 0 bridgehead atoms. The van der Waals surface area contributed by atoms with Crippen molar-refractivity contribution in [3.8, 4) is 0 Å². The van der Waals surface area contributed by atoms with E-state index in [9.17, 15) is 4.79 Å². The summed E-state index contributed by atoms with van der Waals surface area (Å²) in [4.78, 5) is 19.1. The molecule has 5 heteroatoms. The number of carbonyl (C=O) groups excluding carboxylic acids is 1. The molecule has 1 aromatic heterocycles. The van der Waals surface area contributed by atoms with E-state index in [0.29, 0.717) is 12.0 Å². The molecule has 16 heavy (non-hydrogen) atoms. The molecule has 0 N–H and O–H groups in total. The van der Waals surface area contributed by atoms with Crippen molar-refractivity contribution in [3.63, 3.8) is 0 Å². The zero-order valence-corrected chi connectivity index (χ0v) is 11.8. The van der Waals surface area contributed by atoms with Crippen LogP contribution in [0.2, 0.25) is 0 Å². The van der Waals surface area contributed by atoms with E-state index in [-0.39, 0.29) is 5.91 Å². The maximum atomic E-state index is 12.3. The van der Waals surface area contributed by atoms with Gasteiger partial charge in [-0.3, -0.25) is 4.79 Å². The first kappa shape index (κ1) is 12.0. The molecule has 2 rings (SSSR count). The van der Waals surface area contributed by atoms with Crippen molar-refractivity contribution in [2.45, 2.75) is 26.3 Å².